The number of hydrogen-bond acceptors (Lipinski definition) is 4. The Bertz CT molecular complexity index is 464. The zero-order chi connectivity index (χ0) is 15.2. The summed E-state index contributed by atoms with van der Waals surface area (Å²) in [4.78, 5) is 22.0. The molecule has 0 saturated heterocycles. The van der Waals surface area contributed by atoms with Crippen molar-refractivity contribution in [3.05, 3.63) is 35.9 Å². The summed E-state index contributed by atoms with van der Waals surface area (Å²) in [6.45, 7) is 2.86. The molecule has 0 aromatic heterocycles. The number of rotatable bonds is 7. The number of carboxylic acid groups (broad SMARTS) is 1. The number of aliphatic carboxylic acids is 1. The first kappa shape index (κ1) is 16.1. The number of carbonyl (C=O) groups is 2. The number of benzene rings is 1. The van der Waals surface area contributed by atoms with Crippen molar-refractivity contribution in [2.24, 2.45) is 0 Å². The van der Waals surface area contributed by atoms with Crippen LogP contribution in [0.2, 0.25) is 0 Å². The Morgan fingerprint density at radius 2 is 1.90 bits per heavy atom. The largest absolute Gasteiger partial charge is 0.480 e. The highest BCUT2D eigenvalue weighted by Crippen LogP contribution is 2.19. The summed E-state index contributed by atoms with van der Waals surface area (Å²) in [6.07, 6.45) is 0. The van der Waals surface area contributed by atoms with E-state index < -0.39 is 23.5 Å². The molecule has 0 aliphatic rings. The Morgan fingerprint density at radius 1 is 1.30 bits per heavy atom. The molecule has 0 aliphatic carbocycles. The molecular formula is C14H20N2O4. The lowest BCUT2D eigenvalue weighted by molar-refractivity contribution is -0.141. The molecule has 0 saturated carbocycles. The van der Waals surface area contributed by atoms with Crippen molar-refractivity contribution < 1.29 is 19.8 Å². The quantitative estimate of drug-likeness (QED) is 0.566. The van der Waals surface area contributed by atoms with Gasteiger partial charge in [-0.1, -0.05) is 30.3 Å². The fraction of sp³-hybridized carbons (Fsp3) is 0.429. The molecule has 0 radical (unpaired) electrons. The molecule has 0 spiro atoms. The summed E-state index contributed by atoms with van der Waals surface area (Å²) in [5.41, 5.74) is 0.0717. The van der Waals surface area contributed by atoms with Gasteiger partial charge in [0.1, 0.15) is 6.04 Å². The third-order valence-electron chi connectivity index (χ3n) is 3.10. The average molecular weight is 280 g/mol. The van der Waals surface area contributed by atoms with Gasteiger partial charge < -0.3 is 20.8 Å². The number of hydrogen-bond donors (Lipinski definition) is 4. The van der Waals surface area contributed by atoms with Crippen molar-refractivity contribution in [1.29, 1.82) is 0 Å². The monoisotopic (exact) mass is 280 g/mol. The van der Waals surface area contributed by atoms with Crippen LogP contribution >= 0.6 is 0 Å². The predicted octanol–water partition coefficient (Wildman–Crippen LogP) is 0.0730. The van der Waals surface area contributed by atoms with E-state index in [9.17, 15) is 14.7 Å². The summed E-state index contributed by atoms with van der Waals surface area (Å²) in [5.74, 6) is -1.54. The van der Waals surface area contributed by atoms with Crippen LogP contribution in [-0.2, 0) is 15.1 Å². The minimum atomic E-state index is -1.12. The molecule has 6 heteroatoms. The van der Waals surface area contributed by atoms with Gasteiger partial charge in [0.25, 0.3) is 0 Å². The van der Waals surface area contributed by atoms with Gasteiger partial charge >= 0.3 is 5.97 Å². The molecule has 0 heterocycles. The number of carbonyl (C=O) groups excluding carboxylic acids is 1. The lowest BCUT2D eigenvalue weighted by Gasteiger charge is -2.31. The van der Waals surface area contributed by atoms with Gasteiger partial charge in [0.15, 0.2) is 0 Å². The number of aliphatic hydroxyl groups is 1. The van der Waals surface area contributed by atoms with E-state index in [1.54, 1.807) is 6.92 Å². The van der Waals surface area contributed by atoms with Gasteiger partial charge in [-0.3, -0.25) is 4.79 Å². The molecule has 0 fully saturated rings. The first-order valence-electron chi connectivity index (χ1n) is 6.30. The smallest absolute Gasteiger partial charge is 0.327 e. The normalized spacial score (nSPS) is 15.2. The second-order valence-electron chi connectivity index (χ2n) is 4.83. The van der Waals surface area contributed by atoms with Crippen molar-refractivity contribution in [1.82, 2.24) is 10.6 Å². The molecule has 6 nitrogen and oxygen atoms in total. The predicted molar refractivity (Wildman–Crippen MR) is 74.1 cm³/mol. The van der Waals surface area contributed by atoms with E-state index in [2.05, 4.69) is 10.6 Å². The van der Waals surface area contributed by atoms with Gasteiger partial charge in [0.2, 0.25) is 5.91 Å². The zero-order valence-corrected chi connectivity index (χ0v) is 11.6. The van der Waals surface area contributed by atoms with Gasteiger partial charge in [-0.05, 0) is 12.5 Å². The first-order valence-corrected chi connectivity index (χ1v) is 6.30. The maximum atomic E-state index is 11.1. The fourth-order valence-corrected chi connectivity index (χ4v) is 1.83. The summed E-state index contributed by atoms with van der Waals surface area (Å²) in [7, 11) is 0. The Balaban J connectivity index is 2.77. The number of amides is 1. The van der Waals surface area contributed by atoms with E-state index in [1.807, 2.05) is 30.3 Å². The van der Waals surface area contributed by atoms with Gasteiger partial charge in [0.05, 0.1) is 12.1 Å². The topological polar surface area (TPSA) is 98.7 Å². The van der Waals surface area contributed by atoms with Crippen LogP contribution in [0.25, 0.3) is 0 Å². The number of carboxylic acids is 1. The Labute approximate surface area is 117 Å². The summed E-state index contributed by atoms with van der Waals surface area (Å²) < 4.78 is 0. The van der Waals surface area contributed by atoms with Gasteiger partial charge in [-0.15, -0.1) is 0 Å². The molecule has 110 valence electrons. The molecule has 2 unspecified atom stereocenters. The lowest BCUT2D eigenvalue weighted by Crippen LogP contribution is -2.52. The minimum Gasteiger partial charge on any atom is -0.480 e. The van der Waals surface area contributed by atoms with Crippen LogP contribution in [0.5, 0.6) is 0 Å². The highest BCUT2D eigenvalue weighted by molar-refractivity contribution is 5.82. The van der Waals surface area contributed by atoms with Gasteiger partial charge in [-0.25, -0.2) is 4.79 Å². The van der Waals surface area contributed by atoms with Gasteiger partial charge in [-0.2, -0.15) is 0 Å². The van der Waals surface area contributed by atoms with Gasteiger partial charge in [0, 0.05) is 13.5 Å². The van der Waals surface area contributed by atoms with Crippen molar-refractivity contribution in [2.75, 3.05) is 13.2 Å². The summed E-state index contributed by atoms with van der Waals surface area (Å²) in [5, 5.41) is 24.0. The maximum Gasteiger partial charge on any atom is 0.327 e. The van der Waals surface area contributed by atoms with Crippen LogP contribution < -0.4 is 10.6 Å². The molecule has 0 aliphatic heterocycles. The molecule has 4 N–H and O–H groups in total. The average Bonchev–Trinajstić information content (AvgIpc) is 2.43. The molecule has 1 rings (SSSR count). The molecular weight excluding hydrogens is 260 g/mol. The molecule has 1 aromatic carbocycles. The Kier molecular flexibility index (Phi) is 5.66. The van der Waals surface area contributed by atoms with Crippen molar-refractivity contribution in [2.45, 2.75) is 25.4 Å². The van der Waals surface area contributed by atoms with Crippen molar-refractivity contribution >= 4 is 11.9 Å². The van der Waals surface area contributed by atoms with Crippen LogP contribution in [0.15, 0.2) is 30.3 Å². The standard InChI is InChI=1S/C14H20N2O4/c1-10(18)16-12(13(19)20)8-15-14(2,9-17)11-6-4-3-5-7-11/h3-7,12,15,17H,8-9H2,1-2H3,(H,16,18)(H,19,20). The Morgan fingerprint density at radius 3 is 2.35 bits per heavy atom. The second kappa shape index (κ2) is 7.02. The molecule has 0 bridgehead atoms. The van der Waals surface area contributed by atoms with E-state index in [0.29, 0.717) is 0 Å². The van der Waals surface area contributed by atoms with E-state index in [1.165, 1.54) is 6.92 Å². The maximum absolute atomic E-state index is 11.1. The lowest BCUT2D eigenvalue weighted by atomic mass is 9.92. The summed E-state index contributed by atoms with van der Waals surface area (Å²) >= 11 is 0. The Hall–Kier alpha value is -1.92. The van der Waals surface area contributed by atoms with E-state index in [0.717, 1.165) is 5.56 Å². The van der Waals surface area contributed by atoms with Crippen LogP contribution in [0.1, 0.15) is 19.4 Å². The van der Waals surface area contributed by atoms with E-state index in [4.69, 9.17) is 5.11 Å². The van der Waals surface area contributed by atoms with Crippen LogP contribution in [0.3, 0.4) is 0 Å². The SMILES string of the molecule is CC(=O)NC(CNC(C)(CO)c1ccccc1)C(=O)O. The summed E-state index contributed by atoms with van der Waals surface area (Å²) in [6, 6.07) is 8.19. The third kappa shape index (κ3) is 4.32. The van der Waals surface area contributed by atoms with Crippen LogP contribution in [0, 0.1) is 0 Å². The molecule has 1 amide bonds. The molecule has 1 aromatic rings. The minimum absolute atomic E-state index is 0.0147. The van der Waals surface area contributed by atoms with Crippen LogP contribution in [-0.4, -0.2) is 41.3 Å². The molecule has 20 heavy (non-hydrogen) atoms. The third-order valence-corrected chi connectivity index (χ3v) is 3.10. The second-order valence-corrected chi connectivity index (χ2v) is 4.83. The van der Waals surface area contributed by atoms with Crippen molar-refractivity contribution in [3.63, 3.8) is 0 Å². The van der Waals surface area contributed by atoms with Crippen LogP contribution in [0.4, 0.5) is 0 Å². The highest BCUT2D eigenvalue weighted by Gasteiger charge is 2.28. The van der Waals surface area contributed by atoms with E-state index in [-0.39, 0.29) is 13.2 Å². The number of aliphatic hydroxyl groups excluding tert-OH is 1. The first-order chi connectivity index (χ1) is 9.39. The highest BCUT2D eigenvalue weighted by atomic mass is 16.4. The van der Waals surface area contributed by atoms with Crippen molar-refractivity contribution in [3.8, 4) is 0 Å². The molecule has 2 atom stereocenters. The fourth-order valence-electron chi connectivity index (χ4n) is 1.83. The number of nitrogens with one attached hydrogen (secondary N) is 2. The zero-order valence-electron chi connectivity index (χ0n) is 11.6. The van der Waals surface area contributed by atoms with E-state index >= 15 is 0 Å².